The fourth-order valence-corrected chi connectivity index (χ4v) is 2.59. The molecule has 0 heterocycles. The fraction of sp³-hybridized carbons (Fsp3) is 0.867. The van der Waals surface area contributed by atoms with Crippen molar-refractivity contribution >= 4 is 0 Å². The molecular formula is C15H28O2. The third kappa shape index (κ3) is 6.23. The van der Waals surface area contributed by atoms with Crippen LogP contribution in [0.25, 0.3) is 0 Å². The van der Waals surface area contributed by atoms with E-state index in [0.717, 1.165) is 45.1 Å². The van der Waals surface area contributed by atoms with Crippen LogP contribution in [0.3, 0.4) is 0 Å². The number of unbranched alkanes of at least 4 members (excludes halogenated alkanes) is 3. The maximum absolute atomic E-state index is 9.90. The van der Waals surface area contributed by atoms with E-state index in [9.17, 15) is 5.11 Å². The van der Waals surface area contributed by atoms with E-state index >= 15 is 0 Å². The van der Waals surface area contributed by atoms with Crippen molar-refractivity contribution in [3.05, 3.63) is 12.7 Å². The van der Waals surface area contributed by atoms with Crippen LogP contribution in [0.15, 0.2) is 12.7 Å². The first-order valence-electron chi connectivity index (χ1n) is 7.16. The molecule has 0 radical (unpaired) electrons. The molecule has 0 bridgehead atoms. The second kappa shape index (κ2) is 8.71. The number of hydrogen-bond donors (Lipinski definition) is 1. The summed E-state index contributed by atoms with van der Waals surface area (Å²) in [7, 11) is 0. The first kappa shape index (κ1) is 14.7. The summed E-state index contributed by atoms with van der Waals surface area (Å²) in [5, 5.41) is 9.90. The molecule has 1 unspecified atom stereocenters. The lowest BCUT2D eigenvalue weighted by Crippen LogP contribution is -2.33. The number of hydrogen-bond acceptors (Lipinski definition) is 2. The zero-order chi connectivity index (χ0) is 12.5. The molecular weight excluding hydrogens is 212 g/mol. The van der Waals surface area contributed by atoms with Gasteiger partial charge < -0.3 is 9.84 Å². The van der Waals surface area contributed by atoms with E-state index in [-0.39, 0.29) is 6.10 Å². The minimum atomic E-state index is -0.0914. The molecule has 1 fully saturated rings. The van der Waals surface area contributed by atoms with E-state index in [1.807, 2.05) is 13.0 Å². The minimum Gasteiger partial charge on any atom is -0.393 e. The average Bonchev–Trinajstić information content (AvgIpc) is 2.26. The van der Waals surface area contributed by atoms with Gasteiger partial charge in [-0.1, -0.05) is 18.9 Å². The topological polar surface area (TPSA) is 29.5 Å². The highest BCUT2D eigenvalue weighted by Crippen LogP contribution is 2.34. The molecule has 1 rings (SSSR count). The number of ether oxygens (including phenoxy) is 1. The van der Waals surface area contributed by atoms with E-state index in [4.69, 9.17) is 4.74 Å². The van der Waals surface area contributed by atoms with Gasteiger partial charge in [0, 0.05) is 6.61 Å². The van der Waals surface area contributed by atoms with Gasteiger partial charge in [0.15, 0.2) is 0 Å². The predicted molar refractivity (Wildman–Crippen MR) is 72.0 cm³/mol. The van der Waals surface area contributed by atoms with E-state index < -0.39 is 0 Å². The number of aliphatic hydroxyl groups is 1. The van der Waals surface area contributed by atoms with Crippen LogP contribution in [0.5, 0.6) is 0 Å². The summed E-state index contributed by atoms with van der Waals surface area (Å²) in [4.78, 5) is 0. The van der Waals surface area contributed by atoms with Crippen LogP contribution in [0, 0.1) is 5.92 Å². The summed E-state index contributed by atoms with van der Waals surface area (Å²) in [6, 6.07) is 0. The van der Waals surface area contributed by atoms with Crippen molar-refractivity contribution in [1.29, 1.82) is 0 Å². The van der Waals surface area contributed by atoms with Gasteiger partial charge in [0.1, 0.15) is 0 Å². The maximum atomic E-state index is 9.90. The second-order valence-electron chi connectivity index (χ2n) is 5.23. The normalized spacial score (nSPS) is 25.3. The average molecular weight is 240 g/mol. The Morgan fingerprint density at radius 1 is 1.35 bits per heavy atom. The monoisotopic (exact) mass is 240 g/mol. The van der Waals surface area contributed by atoms with Crippen molar-refractivity contribution in [3.63, 3.8) is 0 Å². The van der Waals surface area contributed by atoms with Crippen molar-refractivity contribution in [2.24, 2.45) is 5.92 Å². The van der Waals surface area contributed by atoms with Gasteiger partial charge in [0.25, 0.3) is 0 Å². The number of aliphatic hydroxyl groups excluding tert-OH is 1. The largest absolute Gasteiger partial charge is 0.393 e. The third-order valence-corrected chi connectivity index (χ3v) is 3.65. The Balaban J connectivity index is 1.92. The predicted octanol–water partition coefficient (Wildman–Crippen LogP) is 3.69. The van der Waals surface area contributed by atoms with Crippen molar-refractivity contribution in [2.45, 2.75) is 70.5 Å². The molecule has 1 aliphatic rings. The highest BCUT2D eigenvalue weighted by molar-refractivity contribution is 4.82. The fourth-order valence-electron chi connectivity index (χ4n) is 2.59. The van der Waals surface area contributed by atoms with Crippen LogP contribution in [0.1, 0.15) is 58.3 Å². The van der Waals surface area contributed by atoms with E-state index in [1.54, 1.807) is 0 Å². The van der Waals surface area contributed by atoms with Crippen molar-refractivity contribution in [3.8, 4) is 0 Å². The molecule has 0 aromatic carbocycles. The van der Waals surface area contributed by atoms with E-state index in [2.05, 4.69) is 6.58 Å². The lowest BCUT2D eigenvalue weighted by Gasteiger charge is -2.36. The van der Waals surface area contributed by atoms with Crippen molar-refractivity contribution in [1.82, 2.24) is 0 Å². The maximum Gasteiger partial charge on any atom is 0.0580 e. The summed E-state index contributed by atoms with van der Waals surface area (Å²) in [5.74, 6) is 0.703. The number of rotatable bonds is 10. The third-order valence-electron chi connectivity index (χ3n) is 3.65. The Bertz CT molecular complexity index is 197. The molecule has 0 aromatic heterocycles. The molecule has 0 aliphatic heterocycles. The summed E-state index contributed by atoms with van der Waals surface area (Å²) in [6.45, 7) is 6.58. The Hall–Kier alpha value is -0.340. The SMILES string of the molecule is C=CCCCCCC(O)CC1CC(OCC)C1. The zero-order valence-electron chi connectivity index (χ0n) is 11.2. The van der Waals surface area contributed by atoms with Crippen LogP contribution < -0.4 is 0 Å². The van der Waals surface area contributed by atoms with Crippen LogP contribution >= 0.6 is 0 Å². The van der Waals surface area contributed by atoms with E-state index in [1.165, 1.54) is 12.8 Å². The second-order valence-corrected chi connectivity index (χ2v) is 5.23. The first-order valence-corrected chi connectivity index (χ1v) is 7.16. The van der Waals surface area contributed by atoms with Crippen LogP contribution in [0.4, 0.5) is 0 Å². The zero-order valence-corrected chi connectivity index (χ0v) is 11.2. The van der Waals surface area contributed by atoms with Crippen LogP contribution in [-0.4, -0.2) is 23.9 Å². The van der Waals surface area contributed by atoms with Gasteiger partial charge in [0.2, 0.25) is 0 Å². The molecule has 17 heavy (non-hydrogen) atoms. The first-order chi connectivity index (χ1) is 8.26. The Morgan fingerprint density at radius 2 is 2.12 bits per heavy atom. The highest BCUT2D eigenvalue weighted by Gasteiger charge is 2.30. The lowest BCUT2D eigenvalue weighted by molar-refractivity contribution is -0.0384. The van der Waals surface area contributed by atoms with Crippen molar-refractivity contribution < 1.29 is 9.84 Å². The van der Waals surface area contributed by atoms with Crippen LogP contribution in [-0.2, 0) is 4.74 Å². The molecule has 100 valence electrons. The lowest BCUT2D eigenvalue weighted by atomic mass is 9.78. The van der Waals surface area contributed by atoms with Gasteiger partial charge in [0.05, 0.1) is 12.2 Å². The molecule has 2 heteroatoms. The molecule has 0 spiro atoms. The summed E-state index contributed by atoms with van der Waals surface area (Å²) >= 11 is 0. The van der Waals surface area contributed by atoms with Crippen molar-refractivity contribution in [2.75, 3.05) is 6.61 Å². The Labute approximate surface area is 106 Å². The summed E-state index contributed by atoms with van der Waals surface area (Å²) in [6.07, 6.45) is 11.3. The smallest absolute Gasteiger partial charge is 0.0580 e. The molecule has 1 saturated carbocycles. The summed E-state index contributed by atoms with van der Waals surface area (Å²) < 4.78 is 5.52. The number of allylic oxidation sites excluding steroid dienone is 1. The molecule has 1 N–H and O–H groups in total. The Morgan fingerprint density at radius 3 is 2.76 bits per heavy atom. The van der Waals surface area contributed by atoms with Gasteiger partial charge in [-0.25, -0.2) is 0 Å². The highest BCUT2D eigenvalue weighted by atomic mass is 16.5. The summed E-state index contributed by atoms with van der Waals surface area (Å²) in [5.41, 5.74) is 0. The molecule has 1 aliphatic carbocycles. The Kier molecular flexibility index (Phi) is 7.54. The minimum absolute atomic E-state index is 0.0914. The van der Waals surface area contributed by atoms with Gasteiger partial charge in [-0.3, -0.25) is 0 Å². The van der Waals surface area contributed by atoms with Gasteiger partial charge >= 0.3 is 0 Å². The van der Waals surface area contributed by atoms with Gasteiger partial charge in [-0.05, 0) is 51.4 Å². The quantitative estimate of drug-likeness (QED) is 0.466. The molecule has 0 saturated heterocycles. The molecule has 2 nitrogen and oxygen atoms in total. The molecule has 0 aromatic rings. The standard InChI is InChI=1S/C15H28O2/c1-3-5-6-7-8-9-14(16)10-13-11-15(12-13)17-4-2/h3,13-16H,1,4-12H2,2H3. The van der Waals surface area contributed by atoms with E-state index in [0.29, 0.717) is 12.0 Å². The van der Waals surface area contributed by atoms with Gasteiger partial charge in [-0.2, -0.15) is 0 Å². The van der Waals surface area contributed by atoms with Gasteiger partial charge in [-0.15, -0.1) is 6.58 Å². The molecule has 1 atom stereocenters. The van der Waals surface area contributed by atoms with Crippen LogP contribution in [0.2, 0.25) is 0 Å². The molecule has 0 amide bonds.